The van der Waals surface area contributed by atoms with Crippen molar-refractivity contribution in [2.45, 2.75) is 37.9 Å². The molecule has 30 heavy (non-hydrogen) atoms. The summed E-state index contributed by atoms with van der Waals surface area (Å²) in [6, 6.07) is 4.95. The molecular weight excluding hydrogens is 419 g/mol. The molecule has 0 fully saturated rings. The molecule has 3 rings (SSSR count). The highest BCUT2D eigenvalue weighted by atomic mass is 35.5. The van der Waals surface area contributed by atoms with Gasteiger partial charge >= 0.3 is 0 Å². The van der Waals surface area contributed by atoms with E-state index in [0.29, 0.717) is 5.56 Å². The zero-order chi connectivity index (χ0) is 22.1. The summed E-state index contributed by atoms with van der Waals surface area (Å²) in [5.41, 5.74) is 2.46. The molecule has 160 valence electrons. The number of hydrogen-bond donors (Lipinski definition) is 1. The summed E-state index contributed by atoms with van der Waals surface area (Å²) in [5, 5.41) is -0.123. The number of pyridine rings is 1. The van der Waals surface area contributed by atoms with Crippen molar-refractivity contribution in [1.29, 1.82) is 0 Å². The van der Waals surface area contributed by atoms with Crippen LogP contribution < -0.4 is 5.73 Å². The van der Waals surface area contributed by atoms with E-state index in [1.165, 1.54) is 19.1 Å². The number of benzene rings is 1. The van der Waals surface area contributed by atoms with Crippen LogP contribution in [0.4, 0.5) is 13.2 Å². The molecule has 1 aliphatic heterocycles. The monoisotopic (exact) mass is 439 g/mol. The van der Waals surface area contributed by atoms with E-state index in [4.69, 9.17) is 22.1 Å². The number of aliphatic imine (C=N–C) groups is 1. The molecule has 2 N–H and O–H groups in total. The van der Waals surface area contributed by atoms with Crippen LogP contribution in [0.15, 0.2) is 35.5 Å². The third-order valence-corrected chi connectivity index (χ3v) is 5.53. The first-order valence-corrected chi connectivity index (χ1v) is 9.71. The third-order valence-electron chi connectivity index (χ3n) is 5.24. The van der Waals surface area contributed by atoms with Gasteiger partial charge in [0, 0.05) is 12.0 Å². The smallest absolute Gasteiger partial charge is 0.187 e. The number of carbonyl (C=O) groups excluding carboxylic acids is 1. The number of ether oxygens (including phenoxy) is 1. The normalized spacial score (nSPS) is 24.3. The highest BCUT2D eigenvalue weighted by Gasteiger charge is 2.52. The van der Waals surface area contributed by atoms with Gasteiger partial charge in [-0.15, -0.1) is 0 Å². The second kappa shape index (κ2) is 8.35. The number of amidine groups is 1. The maximum absolute atomic E-state index is 15.7. The fourth-order valence-electron chi connectivity index (χ4n) is 3.73. The lowest BCUT2D eigenvalue weighted by molar-refractivity contribution is -0.00941. The number of nitrogens with zero attached hydrogens (tertiary/aromatic N) is 2. The lowest BCUT2D eigenvalue weighted by Crippen LogP contribution is -2.48. The second-order valence-electron chi connectivity index (χ2n) is 7.41. The van der Waals surface area contributed by atoms with Crippen molar-refractivity contribution in [2.24, 2.45) is 10.7 Å². The van der Waals surface area contributed by atoms with Crippen molar-refractivity contribution >= 4 is 23.2 Å². The molecule has 1 aromatic carbocycles. The molecule has 0 saturated carbocycles. The summed E-state index contributed by atoms with van der Waals surface area (Å²) in [4.78, 5) is 20.6. The topological polar surface area (TPSA) is 77.6 Å². The predicted octanol–water partition coefficient (Wildman–Crippen LogP) is 4.16. The van der Waals surface area contributed by atoms with Gasteiger partial charge in [0.1, 0.15) is 35.3 Å². The number of ketones is 1. The van der Waals surface area contributed by atoms with Gasteiger partial charge in [-0.1, -0.05) is 24.6 Å². The van der Waals surface area contributed by atoms with Gasteiger partial charge in [-0.2, -0.15) is 0 Å². The van der Waals surface area contributed by atoms with Crippen molar-refractivity contribution in [2.75, 3.05) is 13.2 Å². The number of nitrogens with two attached hydrogens (primary N) is 1. The molecule has 0 spiro atoms. The van der Waals surface area contributed by atoms with Crippen LogP contribution in [0.25, 0.3) is 0 Å². The Bertz CT molecular complexity index is 1010. The van der Waals surface area contributed by atoms with Gasteiger partial charge in [-0.3, -0.25) is 9.79 Å². The van der Waals surface area contributed by atoms with Crippen LogP contribution in [0.3, 0.4) is 0 Å². The van der Waals surface area contributed by atoms with Crippen LogP contribution in [0, 0.1) is 11.6 Å². The minimum absolute atomic E-state index is 0.0214. The molecule has 5 nitrogen and oxygen atoms in total. The summed E-state index contributed by atoms with van der Waals surface area (Å²) in [6.07, 6.45) is 0.812. The Hall–Kier alpha value is -2.45. The van der Waals surface area contributed by atoms with Crippen LogP contribution in [-0.4, -0.2) is 35.5 Å². The quantitative estimate of drug-likeness (QED) is 0.709. The number of alkyl halides is 1. The number of Topliss-reactive ketones (excluding diaryl/α,β-unsaturated/α-hetero) is 1. The molecule has 0 aliphatic carbocycles. The van der Waals surface area contributed by atoms with Crippen molar-refractivity contribution in [1.82, 2.24) is 4.98 Å². The zero-order valence-corrected chi connectivity index (χ0v) is 17.3. The van der Waals surface area contributed by atoms with E-state index in [2.05, 4.69) is 9.98 Å². The Kier molecular flexibility index (Phi) is 6.19. The van der Waals surface area contributed by atoms with Gasteiger partial charge in [0.15, 0.2) is 11.5 Å². The van der Waals surface area contributed by atoms with Crippen LogP contribution in [-0.2, 0) is 16.7 Å². The average molecular weight is 440 g/mol. The maximum atomic E-state index is 15.7. The Balaban J connectivity index is 2.04. The van der Waals surface area contributed by atoms with E-state index in [1.807, 2.05) is 0 Å². The molecule has 1 aromatic heterocycles. The van der Waals surface area contributed by atoms with Crippen LogP contribution in [0.1, 0.15) is 41.9 Å². The molecule has 0 saturated heterocycles. The van der Waals surface area contributed by atoms with Gasteiger partial charge in [-0.05, 0) is 37.1 Å². The molecule has 2 aromatic rings. The van der Waals surface area contributed by atoms with Crippen molar-refractivity contribution in [3.8, 4) is 0 Å². The SMILES string of the molecule is CC[C@]1(c2cc(CC(=O)c3ncc(F)cc3Cl)ccc2F)N=C(N)COCC1(C)F. The van der Waals surface area contributed by atoms with E-state index < -0.39 is 28.6 Å². The summed E-state index contributed by atoms with van der Waals surface area (Å²) in [6.45, 7) is 2.59. The Morgan fingerprint density at radius 3 is 2.73 bits per heavy atom. The first kappa shape index (κ1) is 22.2. The molecule has 9 heteroatoms. The highest BCUT2D eigenvalue weighted by Crippen LogP contribution is 2.45. The first-order valence-electron chi connectivity index (χ1n) is 9.33. The summed E-state index contributed by atoms with van der Waals surface area (Å²) in [5.74, 6) is -1.77. The third kappa shape index (κ3) is 4.06. The van der Waals surface area contributed by atoms with Gasteiger partial charge in [0.25, 0.3) is 0 Å². The van der Waals surface area contributed by atoms with E-state index in [9.17, 15) is 13.6 Å². The number of hydrogen-bond acceptors (Lipinski definition) is 5. The molecule has 1 aliphatic rings. The van der Waals surface area contributed by atoms with Crippen molar-refractivity contribution in [3.63, 3.8) is 0 Å². The number of rotatable bonds is 5. The summed E-state index contributed by atoms with van der Waals surface area (Å²) < 4.78 is 49.0. The van der Waals surface area contributed by atoms with Crippen LogP contribution in [0.5, 0.6) is 0 Å². The van der Waals surface area contributed by atoms with Crippen molar-refractivity contribution < 1.29 is 22.7 Å². The molecule has 0 radical (unpaired) electrons. The molecular formula is C21H21ClF3N3O2. The summed E-state index contributed by atoms with van der Waals surface area (Å²) >= 11 is 5.91. The highest BCUT2D eigenvalue weighted by molar-refractivity contribution is 6.33. The molecule has 1 unspecified atom stereocenters. The minimum atomic E-state index is -2.05. The standard InChI is InChI=1S/C21H21ClF3N3O2/c1-3-21(20(2,25)11-30-10-18(26)28-21)14-6-12(4-5-16(14)24)7-17(29)19-15(22)8-13(23)9-27-19/h4-6,8-9H,3,7,10-11H2,1-2H3,(H2,26,28)/t20?,21-/m1/s1. The first-order chi connectivity index (χ1) is 14.1. The van der Waals surface area contributed by atoms with Crippen LogP contribution >= 0.6 is 11.6 Å². The molecule has 0 bridgehead atoms. The molecule has 2 heterocycles. The lowest BCUT2D eigenvalue weighted by Gasteiger charge is -2.39. The fourth-order valence-corrected chi connectivity index (χ4v) is 3.99. The van der Waals surface area contributed by atoms with E-state index in [-0.39, 0.29) is 48.2 Å². The van der Waals surface area contributed by atoms with Gasteiger partial charge in [-0.25, -0.2) is 18.2 Å². The molecule has 0 amide bonds. The predicted molar refractivity (Wildman–Crippen MR) is 108 cm³/mol. The van der Waals surface area contributed by atoms with Gasteiger partial charge in [0.05, 0.1) is 17.8 Å². The number of carbonyl (C=O) groups is 1. The number of aromatic nitrogens is 1. The lowest BCUT2D eigenvalue weighted by atomic mass is 9.74. The average Bonchev–Trinajstić information content (AvgIpc) is 2.78. The second-order valence-corrected chi connectivity index (χ2v) is 7.81. The molecule has 2 atom stereocenters. The zero-order valence-electron chi connectivity index (χ0n) is 16.5. The van der Waals surface area contributed by atoms with E-state index >= 15 is 4.39 Å². The Labute approximate surface area is 177 Å². The van der Waals surface area contributed by atoms with Crippen LogP contribution in [0.2, 0.25) is 5.02 Å². The Morgan fingerprint density at radius 2 is 2.07 bits per heavy atom. The maximum Gasteiger partial charge on any atom is 0.187 e. The Morgan fingerprint density at radius 1 is 1.33 bits per heavy atom. The summed E-state index contributed by atoms with van der Waals surface area (Å²) in [7, 11) is 0. The fraction of sp³-hybridized carbons (Fsp3) is 0.381. The van der Waals surface area contributed by atoms with Gasteiger partial charge < -0.3 is 10.5 Å². The van der Waals surface area contributed by atoms with Gasteiger partial charge in [0.2, 0.25) is 0 Å². The van der Waals surface area contributed by atoms with E-state index in [0.717, 1.165) is 18.3 Å². The number of halogens is 4. The minimum Gasteiger partial charge on any atom is -0.386 e. The largest absolute Gasteiger partial charge is 0.386 e. The van der Waals surface area contributed by atoms with E-state index in [1.54, 1.807) is 6.92 Å². The van der Waals surface area contributed by atoms with Crippen molar-refractivity contribution in [3.05, 3.63) is 63.9 Å².